The fourth-order valence-corrected chi connectivity index (χ4v) is 2.84. The molecule has 0 saturated carbocycles. The Morgan fingerprint density at radius 3 is 2.43 bits per heavy atom. The Hall–Kier alpha value is -1.89. The summed E-state index contributed by atoms with van der Waals surface area (Å²) in [6, 6.07) is 4.84. The average Bonchev–Trinajstić information content (AvgIpc) is 2.37. The van der Waals surface area contributed by atoms with Crippen LogP contribution >= 0.6 is 0 Å². The second kappa shape index (κ2) is 7.21. The van der Waals surface area contributed by atoms with Gasteiger partial charge in [0.15, 0.2) is 15.6 Å². The van der Waals surface area contributed by atoms with Crippen LogP contribution in [0.2, 0.25) is 0 Å². The molecule has 0 aliphatic heterocycles. The number of carbonyl (C=O) groups is 2. The van der Waals surface area contributed by atoms with Gasteiger partial charge in [-0.2, -0.15) is 0 Å². The summed E-state index contributed by atoms with van der Waals surface area (Å²) >= 11 is 0. The molecule has 6 nitrogen and oxygen atoms in total. The summed E-state index contributed by atoms with van der Waals surface area (Å²) in [5.74, 6) is -2.73. The molecule has 0 unspecified atom stereocenters. The number of hydrogen-bond acceptors (Lipinski definition) is 6. The van der Waals surface area contributed by atoms with E-state index < -0.39 is 33.1 Å². The smallest absolute Gasteiger partial charge is 0.321 e. The van der Waals surface area contributed by atoms with Crippen molar-refractivity contribution in [3.8, 4) is 5.75 Å². The molecule has 0 spiro atoms. The van der Waals surface area contributed by atoms with E-state index in [0.717, 1.165) is 5.56 Å². The molecule has 7 heteroatoms. The van der Waals surface area contributed by atoms with Gasteiger partial charge in [0, 0.05) is 0 Å². The van der Waals surface area contributed by atoms with E-state index >= 15 is 0 Å². The molecule has 1 aromatic carbocycles. The van der Waals surface area contributed by atoms with Gasteiger partial charge in [0.1, 0.15) is 17.3 Å². The molecule has 0 aromatic heterocycles. The lowest BCUT2D eigenvalue weighted by Gasteiger charge is -2.09. The molecule has 0 atom stereocenters. The van der Waals surface area contributed by atoms with Gasteiger partial charge >= 0.3 is 5.97 Å². The number of aryl methyl sites for hydroxylation is 1. The minimum atomic E-state index is -3.87. The summed E-state index contributed by atoms with van der Waals surface area (Å²) in [7, 11) is -2.46. The molecule has 0 heterocycles. The third-order valence-electron chi connectivity index (χ3n) is 2.65. The van der Waals surface area contributed by atoms with E-state index in [-0.39, 0.29) is 12.2 Å². The van der Waals surface area contributed by atoms with E-state index in [4.69, 9.17) is 4.74 Å². The van der Waals surface area contributed by atoms with E-state index in [1.54, 1.807) is 19.1 Å². The fraction of sp³-hybridized carbons (Fsp3) is 0.429. The Balaban J connectivity index is 2.88. The van der Waals surface area contributed by atoms with Gasteiger partial charge in [-0.15, -0.1) is 0 Å². The highest BCUT2D eigenvalue weighted by molar-refractivity contribution is 7.92. The molecule has 116 valence electrons. The van der Waals surface area contributed by atoms with Crippen LogP contribution in [0, 0.1) is 6.92 Å². The predicted molar refractivity (Wildman–Crippen MR) is 77.3 cm³/mol. The molecule has 0 aliphatic rings. The van der Waals surface area contributed by atoms with Crippen molar-refractivity contribution < 1.29 is 27.5 Å². The van der Waals surface area contributed by atoms with Crippen molar-refractivity contribution >= 4 is 21.6 Å². The van der Waals surface area contributed by atoms with Crippen LogP contribution in [-0.4, -0.2) is 45.4 Å². The van der Waals surface area contributed by atoms with Crippen molar-refractivity contribution in [3.05, 3.63) is 29.3 Å². The number of esters is 1. The summed E-state index contributed by atoms with van der Waals surface area (Å²) < 4.78 is 33.3. The maximum Gasteiger partial charge on any atom is 0.321 e. The third-order valence-corrected chi connectivity index (χ3v) is 4.03. The number of carbonyl (C=O) groups excluding carboxylic acids is 2. The Labute approximate surface area is 124 Å². The Morgan fingerprint density at radius 2 is 1.86 bits per heavy atom. The van der Waals surface area contributed by atoms with Gasteiger partial charge in [-0.25, -0.2) is 8.42 Å². The van der Waals surface area contributed by atoms with Gasteiger partial charge in [-0.3, -0.25) is 9.59 Å². The second-order valence-electron chi connectivity index (χ2n) is 4.46. The van der Waals surface area contributed by atoms with Crippen molar-refractivity contribution in [3.63, 3.8) is 0 Å². The maximum absolute atomic E-state index is 12.1. The van der Waals surface area contributed by atoms with Crippen LogP contribution in [0.5, 0.6) is 5.75 Å². The zero-order valence-electron chi connectivity index (χ0n) is 12.2. The van der Waals surface area contributed by atoms with E-state index in [1.165, 1.54) is 13.2 Å². The van der Waals surface area contributed by atoms with Crippen LogP contribution in [0.15, 0.2) is 18.2 Å². The molecular formula is C14H18O6S. The van der Waals surface area contributed by atoms with Gasteiger partial charge in [0.2, 0.25) is 0 Å². The Kier molecular flexibility index (Phi) is 5.90. The first-order valence-electron chi connectivity index (χ1n) is 6.33. The topological polar surface area (TPSA) is 86.7 Å². The molecule has 0 saturated heterocycles. The summed E-state index contributed by atoms with van der Waals surface area (Å²) in [4.78, 5) is 23.3. The van der Waals surface area contributed by atoms with E-state index in [0.29, 0.717) is 5.75 Å². The minimum absolute atomic E-state index is 0.0914. The van der Waals surface area contributed by atoms with Crippen LogP contribution in [0.25, 0.3) is 0 Å². The normalized spacial score (nSPS) is 11.0. The van der Waals surface area contributed by atoms with Gasteiger partial charge in [0.25, 0.3) is 0 Å². The van der Waals surface area contributed by atoms with E-state index in [1.807, 2.05) is 6.92 Å². The fourth-order valence-electron chi connectivity index (χ4n) is 1.74. The van der Waals surface area contributed by atoms with Gasteiger partial charge in [-0.1, -0.05) is 6.07 Å². The number of hydrogen-bond donors (Lipinski definition) is 0. The summed E-state index contributed by atoms with van der Waals surface area (Å²) in [6.07, 6.45) is 0. The lowest BCUT2D eigenvalue weighted by Crippen LogP contribution is -2.25. The number of sulfone groups is 1. The van der Waals surface area contributed by atoms with Crippen LogP contribution in [-0.2, 0) is 19.4 Å². The number of benzene rings is 1. The van der Waals surface area contributed by atoms with E-state index in [2.05, 4.69) is 4.74 Å². The quantitative estimate of drug-likeness (QED) is 0.554. The molecule has 1 aromatic rings. The standard InChI is InChI=1S/C14H18O6S/c1-4-20-14(16)9-21(17,18)8-12(15)11-6-5-10(2)7-13(11)19-3/h5-7H,4,8-9H2,1-3H3. The van der Waals surface area contributed by atoms with Crippen LogP contribution in [0.4, 0.5) is 0 Å². The lowest BCUT2D eigenvalue weighted by molar-refractivity contribution is -0.139. The second-order valence-corrected chi connectivity index (χ2v) is 6.53. The number of ether oxygens (including phenoxy) is 2. The van der Waals surface area contributed by atoms with Crippen molar-refractivity contribution in [1.29, 1.82) is 0 Å². The van der Waals surface area contributed by atoms with Crippen molar-refractivity contribution in [2.45, 2.75) is 13.8 Å². The molecular weight excluding hydrogens is 296 g/mol. The lowest BCUT2D eigenvalue weighted by atomic mass is 10.1. The number of ketones is 1. The van der Waals surface area contributed by atoms with Crippen molar-refractivity contribution in [2.24, 2.45) is 0 Å². The maximum atomic E-state index is 12.1. The highest BCUT2D eigenvalue weighted by Gasteiger charge is 2.24. The summed E-state index contributed by atoms with van der Waals surface area (Å²) in [6.45, 7) is 3.50. The van der Waals surface area contributed by atoms with Crippen LogP contribution in [0.1, 0.15) is 22.8 Å². The van der Waals surface area contributed by atoms with E-state index in [9.17, 15) is 18.0 Å². The van der Waals surface area contributed by atoms with Crippen molar-refractivity contribution in [1.82, 2.24) is 0 Å². The van der Waals surface area contributed by atoms with Crippen molar-refractivity contribution in [2.75, 3.05) is 25.2 Å². The Bertz CT molecular complexity index is 633. The molecule has 21 heavy (non-hydrogen) atoms. The molecule has 0 fully saturated rings. The molecule has 0 bridgehead atoms. The monoisotopic (exact) mass is 314 g/mol. The molecule has 0 radical (unpaired) electrons. The van der Waals surface area contributed by atoms with Gasteiger partial charge in [0.05, 0.1) is 19.3 Å². The third kappa shape index (κ3) is 5.18. The number of Topliss-reactive ketones (excluding diaryl/α,β-unsaturated/α-hetero) is 1. The number of rotatable bonds is 7. The van der Waals surface area contributed by atoms with Gasteiger partial charge < -0.3 is 9.47 Å². The zero-order chi connectivity index (χ0) is 16.0. The van der Waals surface area contributed by atoms with Crippen LogP contribution in [0.3, 0.4) is 0 Å². The highest BCUT2D eigenvalue weighted by Crippen LogP contribution is 2.21. The zero-order valence-corrected chi connectivity index (χ0v) is 13.0. The SMILES string of the molecule is CCOC(=O)CS(=O)(=O)CC(=O)c1ccc(C)cc1OC. The predicted octanol–water partition coefficient (Wildman–Crippen LogP) is 1.16. The Morgan fingerprint density at radius 1 is 1.19 bits per heavy atom. The largest absolute Gasteiger partial charge is 0.496 e. The first-order valence-corrected chi connectivity index (χ1v) is 8.15. The summed E-state index contributed by atoms with van der Waals surface area (Å²) in [5.41, 5.74) is 1.06. The summed E-state index contributed by atoms with van der Waals surface area (Å²) in [5, 5.41) is 0. The molecule has 0 amide bonds. The minimum Gasteiger partial charge on any atom is -0.496 e. The molecule has 0 N–H and O–H groups in total. The first-order chi connectivity index (χ1) is 9.79. The van der Waals surface area contributed by atoms with Crippen LogP contribution < -0.4 is 4.74 Å². The average molecular weight is 314 g/mol. The number of methoxy groups -OCH3 is 1. The van der Waals surface area contributed by atoms with Gasteiger partial charge in [-0.05, 0) is 31.5 Å². The highest BCUT2D eigenvalue weighted by atomic mass is 32.2. The molecule has 1 rings (SSSR count). The molecule has 0 aliphatic carbocycles. The first kappa shape index (κ1) is 17.2.